The Morgan fingerprint density at radius 3 is 2.03 bits per heavy atom. The molecule has 0 saturated heterocycles. The number of nitrogens with zero attached hydrogens (tertiary/aromatic N) is 1. The molecule has 0 saturated carbocycles. The summed E-state index contributed by atoms with van der Waals surface area (Å²) in [7, 11) is -5.52. The number of carbonyl (C=O) groups excluding carboxylic acids is 1. The van der Waals surface area contributed by atoms with Crippen molar-refractivity contribution in [1.82, 2.24) is 4.31 Å². The Morgan fingerprint density at radius 2 is 1.50 bits per heavy atom. The van der Waals surface area contributed by atoms with Gasteiger partial charge in [0.2, 0.25) is 10.0 Å². The van der Waals surface area contributed by atoms with E-state index in [1.165, 1.54) is 20.8 Å². The van der Waals surface area contributed by atoms with Crippen LogP contribution in [0, 0.1) is 23.3 Å². The molecule has 0 spiro atoms. The van der Waals surface area contributed by atoms with E-state index >= 15 is 0 Å². The maximum atomic E-state index is 14.4. The number of alkyl halides is 3. The topological polar surface area (TPSA) is 63.7 Å². The molecule has 14 heteroatoms. The van der Waals surface area contributed by atoms with Crippen molar-refractivity contribution in [2.24, 2.45) is 0 Å². The van der Waals surface area contributed by atoms with Gasteiger partial charge in [0, 0.05) is 6.54 Å². The fourth-order valence-electron chi connectivity index (χ4n) is 2.81. The average Bonchev–Trinajstić information content (AvgIpc) is 2.68. The first-order valence-corrected chi connectivity index (χ1v) is 11.1. The zero-order chi connectivity index (χ0) is 26.2. The molecule has 0 radical (unpaired) electrons. The van der Waals surface area contributed by atoms with Gasteiger partial charge in [-0.25, -0.2) is 26.0 Å². The van der Waals surface area contributed by atoms with E-state index in [0.717, 1.165) is 18.2 Å². The lowest BCUT2D eigenvalue weighted by Crippen LogP contribution is -2.39. The van der Waals surface area contributed by atoms with Crippen LogP contribution in [0.1, 0.15) is 31.9 Å². The van der Waals surface area contributed by atoms with E-state index in [1.54, 1.807) is 0 Å². The van der Waals surface area contributed by atoms with Crippen molar-refractivity contribution < 1.29 is 48.7 Å². The molecule has 0 amide bonds. The Labute approximate surface area is 195 Å². The molecule has 188 valence electrons. The van der Waals surface area contributed by atoms with Crippen LogP contribution in [-0.2, 0) is 32.3 Å². The highest BCUT2D eigenvalue weighted by Crippen LogP contribution is 2.36. The summed E-state index contributed by atoms with van der Waals surface area (Å²) < 4.78 is 127. The van der Waals surface area contributed by atoms with Crippen LogP contribution >= 0.6 is 11.6 Å². The van der Waals surface area contributed by atoms with E-state index < -0.39 is 85.2 Å². The van der Waals surface area contributed by atoms with E-state index in [-0.39, 0.29) is 4.31 Å². The zero-order valence-corrected chi connectivity index (χ0v) is 19.3. The number of carbonyl (C=O) groups is 1. The van der Waals surface area contributed by atoms with Gasteiger partial charge in [-0.3, -0.25) is 4.79 Å². The van der Waals surface area contributed by atoms with Gasteiger partial charge in [-0.1, -0.05) is 29.8 Å². The molecule has 0 aliphatic rings. The van der Waals surface area contributed by atoms with Crippen LogP contribution in [0.25, 0.3) is 0 Å². The van der Waals surface area contributed by atoms with Gasteiger partial charge in [0.1, 0.15) is 22.1 Å². The fourth-order valence-corrected chi connectivity index (χ4v) is 4.74. The monoisotopic (exact) mass is 535 g/mol. The SMILES string of the molecule is CC(C)(C)OC(=O)CN(Cc1ccccc1C(F)(F)F)S(=O)(=O)c1c(F)c(F)c(F)c(F)c1Cl. The number of sulfonamides is 1. The highest BCUT2D eigenvalue weighted by atomic mass is 35.5. The van der Waals surface area contributed by atoms with Gasteiger partial charge >= 0.3 is 12.1 Å². The number of esters is 1. The summed E-state index contributed by atoms with van der Waals surface area (Å²) in [5.41, 5.74) is -3.13. The van der Waals surface area contributed by atoms with Crippen molar-refractivity contribution in [2.75, 3.05) is 6.54 Å². The minimum absolute atomic E-state index is 0.00722. The largest absolute Gasteiger partial charge is 0.459 e. The number of rotatable bonds is 6. The first-order chi connectivity index (χ1) is 15.4. The summed E-state index contributed by atoms with van der Waals surface area (Å²) >= 11 is 5.43. The van der Waals surface area contributed by atoms with Crippen LogP contribution in [0.2, 0.25) is 5.02 Å². The van der Waals surface area contributed by atoms with Gasteiger partial charge in [-0.15, -0.1) is 0 Å². The Balaban J connectivity index is 2.70. The second-order valence-electron chi connectivity index (χ2n) is 7.91. The molecular formula is C20H17ClF7NO4S. The van der Waals surface area contributed by atoms with E-state index in [0.29, 0.717) is 6.07 Å². The zero-order valence-electron chi connectivity index (χ0n) is 17.7. The molecular weight excluding hydrogens is 519 g/mol. The Bertz CT molecular complexity index is 1180. The minimum atomic E-state index is -5.52. The molecule has 0 N–H and O–H groups in total. The van der Waals surface area contributed by atoms with Crippen molar-refractivity contribution >= 4 is 27.6 Å². The Hall–Kier alpha value is -2.38. The average molecular weight is 536 g/mol. The summed E-state index contributed by atoms with van der Waals surface area (Å²) in [6.45, 7) is 1.73. The van der Waals surface area contributed by atoms with E-state index in [4.69, 9.17) is 16.3 Å². The molecule has 0 aliphatic carbocycles. The number of hydrogen-bond donors (Lipinski definition) is 0. The molecule has 0 unspecified atom stereocenters. The van der Waals surface area contributed by atoms with Crippen LogP contribution in [0.3, 0.4) is 0 Å². The molecule has 2 rings (SSSR count). The van der Waals surface area contributed by atoms with Crippen molar-refractivity contribution in [2.45, 2.75) is 44.0 Å². The first kappa shape index (κ1) is 27.9. The second-order valence-corrected chi connectivity index (χ2v) is 10.2. The van der Waals surface area contributed by atoms with Gasteiger partial charge in [0.05, 0.1) is 5.56 Å². The molecule has 2 aromatic rings. The van der Waals surface area contributed by atoms with Crippen LogP contribution in [0.5, 0.6) is 0 Å². The van der Waals surface area contributed by atoms with Gasteiger partial charge in [-0.2, -0.15) is 17.5 Å². The van der Waals surface area contributed by atoms with Crippen molar-refractivity contribution in [3.05, 3.63) is 63.7 Å². The maximum Gasteiger partial charge on any atom is 0.416 e. The number of ether oxygens (including phenoxy) is 1. The Kier molecular flexibility index (Phi) is 7.95. The van der Waals surface area contributed by atoms with Crippen LogP contribution < -0.4 is 0 Å². The normalized spacial score (nSPS) is 12.8. The summed E-state index contributed by atoms with van der Waals surface area (Å²) in [6, 6.07) is 3.65. The third-order valence-electron chi connectivity index (χ3n) is 4.16. The lowest BCUT2D eigenvalue weighted by Gasteiger charge is -2.26. The molecule has 0 heterocycles. The molecule has 5 nitrogen and oxygen atoms in total. The van der Waals surface area contributed by atoms with Crippen LogP contribution in [0.15, 0.2) is 29.2 Å². The van der Waals surface area contributed by atoms with Gasteiger partial charge in [0.15, 0.2) is 23.3 Å². The lowest BCUT2D eigenvalue weighted by atomic mass is 10.1. The standard InChI is InChI=1S/C20H17ClF7NO4S/c1-19(2,3)33-12(30)9-29(8-10-6-4-5-7-11(10)20(26,27)28)34(31,32)18-13(21)14(22)15(23)16(24)17(18)25/h4-7H,8-9H2,1-3H3. The van der Waals surface area contributed by atoms with Gasteiger partial charge in [-0.05, 0) is 32.4 Å². The van der Waals surface area contributed by atoms with Crippen molar-refractivity contribution in [3.8, 4) is 0 Å². The summed E-state index contributed by atoms with van der Waals surface area (Å²) in [4.78, 5) is 10.4. The highest BCUT2D eigenvalue weighted by Gasteiger charge is 2.39. The van der Waals surface area contributed by atoms with Crippen LogP contribution in [-0.4, -0.2) is 30.8 Å². The summed E-state index contributed by atoms with van der Waals surface area (Å²) in [5, 5.41) is -1.69. The van der Waals surface area contributed by atoms with E-state index in [1.807, 2.05) is 0 Å². The van der Waals surface area contributed by atoms with Crippen molar-refractivity contribution in [3.63, 3.8) is 0 Å². The smallest absolute Gasteiger partial charge is 0.416 e. The second kappa shape index (κ2) is 9.70. The minimum Gasteiger partial charge on any atom is -0.459 e. The lowest BCUT2D eigenvalue weighted by molar-refractivity contribution is -0.155. The quantitative estimate of drug-likeness (QED) is 0.214. The third kappa shape index (κ3) is 5.99. The first-order valence-electron chi connectivity index (χ1n) is 9.26. The fraction of sp³-hybridized carbons (Fsp3) is 0.350. The van der Waals surface area contributed by atoms with Gasteiger partial charge < -0.3 is 4.74 Å². The molecule has 0 fully saturated rings. The summed E-state index contributed by atoms with van der Waals surface area (Å²) in [5.74, 6) is -10.9. The molecule has 0 aromatic heterocycles. The molecule has 2 aromatic carbocycles. The van der Waals surface area contributed by atoms with E-state index in [2.05, 4.69) is 0 Å². The predicted molar refractivity (Wildman–Crippen MR) is 106 cm³/mol. The number of benzene rings is 2. The molecule has 0 aliphatic heterocycles. The van der Waals surface area contributed by atoms with Crippen LogP contribution in [0.4, 0.5) is 30.7 Å². The maximum absolute atomic E-state index is 14.4. The molecule has 34 heavy (non-hydrogen) atoms. The summed E-state index contributed by atoms with van der Waals surface area (Å²) in [6.07, 6.45) is -4.95. The number of hydrogen-bond acceptors (Lipinski definition) is 4. The number of halogens is 8. The van der Waals surface area contributed by atoms with Gasteiger partial charge in [0.25, 0.3) is 0 Å². The highest BCUT2D eigenvalue weighted by molar-refractivity contribution is 7.89. The predicted octanol–water partition coefficient (Wildman–Crippen LogP) is 5.45. The van der Waals surface area contributed by atoms with Crippen molar-refractivity contribution in [1.29, 1.82) is 0 Å². The third-order valence-corrected chi connectivity index (χ3v) is 6.47. The Morgan fingerprint density at radius 1 is 0.971 bits per heavy atom. The molecule has 0 bridgehead atoms. The van der Waals surface area contributed by atoms with E-state index in [9.17, 15) is 43.9 Å². The molecule has 0 atom stereocenters.